The van der Waals surface area contributed by atoms with E-state index in [0.717, 1.165) is 21.2 Å². The second kappa shape index (κ2) is 8.54. The molecule has 2 aromatic rings. The minimum absolute atomic E-state index is 0.0584. The van der Waals surface area contributed by atoms with Crippen LogP contribution in [0.5, 0.6) is 5.75 Å². The first-order valence-corrected chi connectivity index (χ1v) is 11.3. The van der Waals surface area contributed by atoms with Gasteiger partial charge in [0.1, 0.15) is 5.75 Å². The number of carbonyl (C=O) groups excluding carboxylic acids is 2. The molecule has 1 saturated heterocycles. The Hall–Kier alpha value is -2.36. The highest BCUT2D eigenvalue weighted by atomic mass is 79.9. The van der Waals surface area contributed by atoms with E-state index in [2.05, 4.69) is 26.6 Å². The summed E-state index contributed by atoms with van der Waals surface area (Å²) < 4.78 is 18.4. The van der Waals surface area contributed by atoms with Crippen molar-refractivity contribution in [2.45, 2.75) is 45.3 Å². The Labute approximate surface area is 196 Å². The molecule has 32 heavy (non-hydrogen) atoms. The van der Waals surface area contributed by atoms with E-state index in [0.29, 0.717) is 24.4 Å². The molecular formula is C23H26BBrN2O5. The van der Waals surface area contributed by atoms with Crippen molar-refractivity contribution in [3.05, 3.63) is 46.4 Å². The van der Waals surface area contributed by atoms with Gasteiger partial charge < -0.3 is 24.7 Å². The number of ketones is 1. The van der Waals surface area contributed by atoms with E-state index in [4.69, 9.17) is 14.0 Å². The van der Waals surface area contributed by atoms with Crippen LogP contribution in [0.1, 0.15) is 33.3 Å². The van der Waals surface area contributed by atoms with Gasteiger partial charge in [-0.1, -0.05) is 22.0 Å². The van der Waals surface area contributed by atoms with Crippen LogP contribution in [0.25, 0.3) is 0 Å². The normalized spacial score (nSPS) is 20.1. The zero-order chi connectivity index (χ0) is 23.1. The van der Waals surface area contributed by atoms with Gasteiger partial charge in [-0.15, -0.1) is 0 Å². The lowest BCUT2D eigenvalue weighted by molar-refractivity contribution is -0.119. The van der Waals surface area contributed by atoms with Gasteiger partial charge >= 0.3 is 7.12 Å². The van der Waals surface area contributed by atoms with Gasteiger partial charge in [0, 0.05) is 16.6 Å². The molecule has 0 atom stereocenters. The van der Waals surface area contributed by atoms with E-state index in [1.54, 1.807) is 0 Å². The third-order valence-electron chi connectivity index (χ3n) is 6.09. The summed E-state index contributed by atoms with van der Waals surface area (Å²) in [6.07, 6.45) is 0.557. The Kier molecular flexibility index (Phi) is 6.09. The Bertz CT molecular complexity index is 1060. The molecule has 168 valence electrons. The van der Waals surface area contributed by atoms with E-state index in [1.165, 1.54) is 0 Å². The maximum atomic E-state index is 11.4. The SMILES string of the molecule is CC1(C)OB(c2ccc3c(c2)NC(=O)CO3)OC1(C)C.O=C1CNc2ccc(Br)cc2C1. The molecule has 0 aromatic heterocycles. The van der Waals surface area contributed by atoms with E-state index in [9.17, 15) is 9.59 Å². The maximum absolute atomic E-state index is 11.4. The number of nitrogens with one attached hydrogen (secondary N) is 2. The Balaban J connectivity index is 0.000000174. The molecule has 0 spiro atoms. The zero-order valence-electron chi connectivity index (χ0n) is 18.6. The third-order valence-corrected chi connectivity index (χ3v) is 6.59. The standard InChI is InChI=1S/C14H18BNO4.C9H8BrNO/c1-13(2)14(3,4)20-15(19-13)9-5-6-11-10(7-9)16-12(17)8-18-11;10-7-1-2-9-6(3-7)4-8(12)5-11-9/h5-7H,8H2,1-4H3,(H,16,17);1-3,11H,4-5H2. The molecule has 0 bridgehead atoms. The molecule has 0 aliphatic carbocycles. The number of fused-ring (bicyclic) bond motifs is 2. The average molecular weight is 501 g/mol. The number of rotatable bonds is 1. The van der Waals surface area contributed by atoms with Gasteiger partial charge in [0.2, 0.25) is 0 Å². The van der Waals surface area contributed by atoms with Gasteiger partial charge in [-0.25, -0.2) is 0 Å². The summed E-state index contributed by atoms with van der Waals surface area (Å²) in [7, 11) is -0.441. The lowest BCUT2D eigenvalue weighted by Gasteiger charge is -2.32. The van der Waals surface area contributed by atoms with Crippen LogP contribution in [0, 0.1) is 0 Å². The van der Waals surface area contributed by atoms with Crippen LogP contribution in [0.15, 0.2) is 40.9 Å². The predicted molar refractivity (Wildman–Crippen MR) is 128 cm³/mol. The van der Waals surface area contributed by atoms with Crippen molar-refractivity contribution in [1.29, 1.82) is 0 Å². The second-order valence-corrected chi connectivity index (χ2v) is 9.97. The van der Waals surface area contributed by atoms with Crippen molar-refractivity contribution in [3.8, 4) is 5.75 Å². The van der Waals surface area contributed by atoms with Crippen LogP contribution in [-0.4, -0.2) is 43.2 Å². The molecule has 7 nitrogen and oxygen atoms in total. The lowest BCUT2D eigenvalue weighted by atomic mass is 9.79. The fraction of sp³-hybridized carbons (Fsp3) is 0.391. The van der Waals surface area contributed by atoms with Crippen molar-refractivity contribution >= 4 is 51.6 Å². The summed E-state index contributed by atoms with van der Waals surface area (Å²) in [6, 6.07) is 11.5. The first-order chi connectivity index (χ1) is 15.0. The monoisotopic (exact) mass is 500 g/mol. The van der Waals surface area contributed by atoms with Gasteiger partial charge in [0.15, 0.2) is 12.4 Å². The molecule has 3 heterocycles. The number of hydrogen-bond acceptors (Lipinski definition) is 6. The number of ether oxygens (including phenoxy) is 1. The molecule has 3 aliphatic rings. The lowest BCUT2D eigenvalue weighted by Crippen LogP contribution is -2.41. The highest BCUT2D eigenvalue weighted by Gasteiger charge is 2.51. The molecule has 5 rings (SSSR count). The van der Waals surface area contributed by atoms with Gasteiger partial charge in [0.05, 0.1) is 23.4 Å². The Morgan fingerprint density at radius 1 is 0.969 bits per heavy atom. The summed E-state index contributed by atoms with van der Waals surface area (Å²) in [4.78, 5) is 22.4. The predicted octanol–water partition coefficient (Wildman–Crippen LogP) is 3.30. The molecule has 2 aromatic carbocycles. The highest BCUT2D eigenvalue weighted by Crippen LogP contribution is 2.37. The minimum atomic E-state index is -0.441. The van der Waals surface area contributed by atoms with Crippen molar-refractivity contribution < 1.29 is 23.6 Å². The summed E-state index contributed by atoms with van der Waals surface area (Å²) in [5, 5.41) is 5.86. The van der Waals surface area contributed by atoms with E-state index < -0.39 is 7.12 Å². The number of Topliss-reactive ketones (excluding diaryl/α,β-unsaturated/α-hetero) is 1. The summed E-state index contributed by atoms with van der Waals surface area (Å²) in [6.45, 7) is 8.57. The number of hydrogen-bond donors (Lipinski definition) is 2. The fourth-order valence-corrected chi connectivity index (χ4v) is 3.98. The van der Waals surface area contributed by atoms with Crippen LogP contribution in [-0.2, 0) is 25.3 Å². The molecule has 1 amide bonds. The zero-order valence-corrected chi connectivity index (χ0v) is 20.2. The summed E-state index contributed by atoms with van der Waals surface area (Å²) in [5.74, 6) is 0.772. The van der Waals surface area contributed by atoms with Gasteiger partial charge in [0.25, 0.3) is 5.91 Å². The fourth-order valence-electron chi connectivity index (χ4n) is 3.58. The first kappa shape index (κ1) is 22.8. The van der Waals surface area contributed by atoms with Crippen molar-refractivity contribution in [3.63, 3.8) is 0 Å². The Morgan fingerprint density at radius 2 is 1.69 bits per heavy atom. The molecule has 2 N–H and O–H groups in total. The molecular weight excluding hydrogens is 475 g/mol. The number of halogens is 1. The summed E-state index contributed by atoms with van der Waals surface area (Å²) in [5.41, 5.74) is 2.93. The number of anilines is 2. The summed E-state index contributed by atoms with van der Waals surface area (Å²) >= 11 is 3.37. The van der Waals surface area contributed by atoms with Crippen molar-refractivity contribution in [2.24, 2.45) is 0 Å². The van der Waals surface area contributed by atoms with E-state index >= 15 is 0 Å². The largest absolute Gasteiger partial charge is 0.494 e. The van der Waals surface area contributed by atoms with Crippen LogP contribution < -0.4 is 20.8 Å². The van der Waals surface area contributed by atoms with Crippen molar-refractivity contribution in [2.75, 3.05) is 23.8 Å². The first-order valence-electron chi connectivity index (χ1n) is 10.5. The van der Waals surface area contributed by atoms with Crippen LogP contribution >= 0.6 is 15.9 Å². The van der Waals surface area contributed by atoms with E-state index in [-0.39, 0.29) is 29.5 Å². The second-order valence-electron chi connectivity index (χ2n) is 9.05. The van der Waals surface area contributed by atoms with Gasteiger partial charge in [-0.3, -0.25) is 9.59 Å². The van der Waals surface area contributed by atoms with Crippen LogP contribution in [0.2, 0.25) is 0 Å². The maximum Gasteiger partial charge on any atom is 0.494 e. The molecule has 0 radical (unpaired) electrons. The number of amides is 1. The quantitative estimate of drug-likeness (QED) is 0.584. The van der Waals surface area contributed by atoms with Crippen molar-refractivity contribution in [1.82, 2.24) is 0 Å². The average Bonchev–Trinajstić information content (AvgIpc) is 2.94. The van der Waals surface area contributed by atoms with Crippen LogP contribution in [0.4, 0.5) is 11.4 Å². The number of benzene rings is 2. The van der Waals surface area contributed by atoms with Gasteiger partial charge in [-0.2, -0.15) is 0 Å². The molecule has 3 aliphatic heterocycles. The molecule has 0 unspecified atom stereocenters. The third kappa shape index (κ3) is 4.70. The molecule has 0 saturated carbocycles. The Morgan fingerprint density at radius 3 is 2.41 bits per heavy atom. The topological polar surface area (TPSA) is 85.9 Å². The van der Waals surface area contributed by atoms with Gasteiger partial charge in [-0.05, 0) is 69.1 Å². The van der Waals surface area contributed by atoms with E-state index in [1.807, 2.05) is 64.1 Å². The smallest absolute Gasteiger partial charge is 0.482 e. The van der Waals surface area contributed by atoms with Crippen LogP contribution in [0.3, 0.4) is 0 Å². The molecule has 9 heteroatoms. The number of carbonyl (C=O) groups is 2. The highest BCUT2D eigenvalue weighted by molar-refractivity contribution is 9.10. The molecule has 1 fully saturated rings. The minimum Gasteiger partial charge on any atom is -0.482 e.